The molecule has 0 aromatic heterocycles. The number of halogens is 1. The number of hydrogen-bond acceptors (Lipinski definition) is 3. The van der Waals surface area contributed by atoms with Gasteiger partial charge in [0.15, 0.2) is 0 Å². The highest BCUT2D eigenvalue weighted by atomic mass is 35.5. The average molecular weight is 289 g/mol. The van der Waals surface area contributed by atoms with E-state index in [9.17, 15) is 4.79 Å². The minimum Gasteiger partial charge on any atom is -0.378 e. The summed E-state index contributed by atoms with van der Waals surface area (Å²) in [5.41, 5.74) is 0. The Morgan fingerprint density at radius 2 is 1.89 bits per heavy atom. The van der Waals surface area contributed by atoms with Crippen molar-refractivity contribution in [1.29, 1.82) is 0 Å². The van der Waals surface area contributed by atoms with Crippen molar-refractivity contribution in [1.82, 2.24) is 10.6 Å². The summed E-state index contributed by atoms with van der Waals surface area (Å²) in [7, 11) is 0. The van der Waals surface area contributed by atoms with Crippen molar-refractivity contribution in [2.24, 2.45) is 11.8 Å². The zero-order chi connectivity index (χ0) is 12.4. The first-order valence-electron chi connectivity index (χ1n) is 7.47. The Balaban J connectivity index is 0.00000133. The maximum atomic E-state index is 12.3. The van der Waals surface area contributed by atoms with Crippen LogP contribution in [0.25, 0.3) is 0 Å². The summed E-state index contributed by atoms with van der Waals surface area (Å²) in [5.74, 6) is 1.09. The second-order valence-electron chi connectivity index (χ2n) is 5.93. The zero-order valence-electron chi connectivity index (χ0n) is 11.4. The second kappa shape index (κ2) is 6.91. The third-order valence-electron chi connectivity index (χ3n) is 4.82. The SMILES string of the molecule is Cl.O=C(NC1CCCC2OCCC12)C1CCNCC1. The molecule has 1 amide bonds. The molecular weight excluding hydrogens is 264 g/mol. The molecule has 2 heterocycles. The summed E-state index contributed by atoms with van der Waals surface area (Å²) < 4.78 is 5.75. The first kappa shape index (κ1) is 15.1. The number of carbonyl (C=O) groups excluding carboxylic acids is 1. The van der Waals surface area contributed by atoms with Gasteiger partial charge >= 0.3 is 0 Å². The van der Waals surface area contributed by atoms with Crippen LogP contribution < -0.4 is 10.6 Å². The van der Waals surface area contributed by atoms with Gasteiger partial charge in [-0.2, -0.15) is 0 Å². The number of fused-ring (bicyclic) bond motifs is 1. The Morgan fingerprint density at radius 3 is 2.68 bits per heavy atom. The van der Waals surface area contributed by atoms with Crippen LogP contribution in [0.2, 0.25) is 0 Å². The normalized spacial score (nSPS) is 35.3. The predicted molar refractivity (Wildman–Crippen MR) is 76.5 cm³/mol. The Hall–Kier alpha value is -0.320. The molecule has 0 radical (unpaired) electrons. The van der Waals surface area contributed by atoms with Crippen molar-refractivity contribution in [3.8, 4) is 0 Å². The van der Waals surface area contributed by atoms with Gasteiger partial charge in [0.2, 0.25) is 5.91 Å². The molecule has 3 unspecified atom stereocenters. The first-order valence-corrected chi connectivity index (χ1v) is 7.47. The van der Waals surface area contributed by atoms with Gasteiger partial charge in [-0.15, -0.1) is 12.4 Å². The van der Waals surface area contributed by atoms with E-state index in [4.69, 9.17) is 4.74 Å². The predicted octanol–water partition coefficient (Wildman–Crippen LogP) is 1.48. The van der Waals surface area contributed by atoms with E-state index >= 15 is 0 Å². The Labute approximate surface area is 121 Å². The van der Waals surface area contributed by atoms with Crippen LogP contribution in [0.3, 0.4) is 0 Å². The fraction of sp³-hybridized carbons (Fsp3) is 0.929. The fourth-order valence-electron chi connectivity index (χ4n) is 3.74. The van der Waals surface area contributed by atoms with Gasteiger partial charge in [0.1, 0.15) is 0 Å². The van der Waals surface area contributed by atoms with Gasteiger partial charge in [0, 0.05) is 24.5 Å². The second-order valence-corrected chi connectivity index (χ2v) is 5.93. The summed E-state index contributed by atoms with van der Waals surface area (Å²) in [6.45, 7) is 2.85. The Morgan fingerprint density at radius 1 is 1.11 bits per heavy atom. The van der Waals surface area contributed by atoms with Crippen LogP contribution in [0.1, 0.15) is 38.5 Å². The molecule has 19 heavy (non-hydrogen) atoms. The molecule has 1 aliphatic carbocycles. The van der Waals surface area contributed by atoms with Crippen LogP contribution >= 0.6 is 12.4 Å². The monoisotopic (exact) mass is 288 g/mol. The number of ether oxygens (including phenoxy) is 1. The van der Waals surface area contributed by atoms with Gasteiger partial charge < -0.3 is 15.4 Å². The van der Waals surface area contributed by atoms with Gasteiger partial charge in [-0.1, -0.05) is 0 Å². The molecule has 2 saturated heterocycles. The van der Waals surface area contributed by atoms with E-state index < -0.39 is 0 Å². The molecule has 3 aliphatic rings. The molecule has 4 nitrogen and oxygen atoms in total. The third-order valence-corrected chi connectivity index (χ3v) is 4.82. The average Bonchev–Trinajstić information content (AvgIpc) is 2.89. The van der Waals surface area contributed by atoms with E-state index in [2.05, 4.69) is 10.6 Å². The summed E-state index contributed by atoms with van der Waals surface area (Å²) in [4.78, 5) is 12.3. The molecule has 3 fully saturated rings. The van der Waals surface area contributed by atoms with Crippen molar-refractivity contribution < 1.29 is 9.53 Å². The number of nitrogens with one attached hydrogen (secondary N) is 2. The maximum absolute atomic E-state index is 12.3. The smallest absolute Gasteiger partial charge is 0.223 e. The van der Waals surface area contributed by atoms with Crippen LogP contribution in [-0.2, 0) is 9.53 Å². The minimum absolute atomic E-state index is 0. The largest absolute Gasteiger partial charge is 0.378 e. The van der Waals surface area contributed by atoms with Crippen LogP contribution in [-0.4, -0.2) is 37.7 Å². The molecular formula is C14H25ClN2O2. The van der Waals surface area contributed by atoms with E-state index in [1.54, 1.807) is 0 Å². The highest BCUT2D eigenvalue weighted by Gasteiger charge is 2.38. The van der Waals surface area contributed by atoms with Gasteiger partial charge in [-0.05, 0) is 51.6 Å². The fourth-order valence-corrected chi connectivity index (χ4v) is 3.74. The van der Waals surface area contributed by atoms with Gasteiger partial charge in [-0.25, -0.2) is 0 Å². The van der Waals surface area contributed by atoms with Gasteiger partial charge in [0.05, 0.1) is 6.10 Å². The molecule has 0 aromatic rings. The number of amides is 1. The standard InChI is InChI=1S/C14H24N2O2.ClH/c17-14(10-4-7-15-8-5-10)16-12-2-1-3-13-11(12)6-9-18-13;/h10-13,15H,1-9H2,(H,16,17);1H. The first-order chi connectivity index (χ1) is 8.84. The topological polar surface area (TPSA) is 50.4 Å². The summed E-state index contributed by atoms with van der Waals surface area (Å²) in [6.07, 6.45) is 7.04. The highest BCUT2D eigenvalue weighted by molar-refractivity contribution is 5.85. The van der Waals surface area contributed by atoms with Crippen LogP contribution in [0.15, 0.2) is 0 Å². The molecule has 110 valence electrons. The summed E-state index contributed by atoms with van der Waals surface area (Å²) >= 11 is 0. The lowest BCUT2D eigenvalue weighted by atomic mass is 9.81. The van der Waals surface area contributed by atoms with Crippen LogP contribution in [0, 0.1) is 11.8 Å². The summed E-state index contributed by atoms with van der Waals surface area (Å²) in [6, 6.07) is 0.369. The molecule has 3 atom stereocenters. The molecule has 0 aromatic carbocycles. The van der Waals surface area contributed by atoms with Crippen LogP contribution in [0.4, 0.5) is 0 Å². The molecule has 3 rings (SSSR count). The zero-order valence-corrected chi connectivity index (χ0v) is 12.2. The molecule has 0 bridgehead atoms. The molecule has 0 spiro atoms. The lowest BCUT2D eigenvalue weighted by Gasteiger charge is -2.34. The van der Waals surface area contributed by atoms with E-state index in [-0.39, 0.29) is 24.2 Å². The van der Waals surface area contributed by atoms with Crippen molar-refractivity contribution in [3.05, 3.63) is 0 Å². The van der Waals surface area contributed by atoms with E-state index in [0.717, 1.165) is 45.4 Å². The number of rotatable bonds is 2. The van der Waals surface area contributed by atoms with Crippen molar-refractivity contribution in [2.45, 2.75) is 50.7 Å². The summed E-state index contributed by atoms with van der Waals surface area (Å²) in [5, 5.41) is 6.62. The number of carbonyl (C=O) groups is 1. The van der Waals surface area contributed by atoms with Gasteiger partial charge in [-0.3, -0.25) is 4.79 Å². The van der Waals surface area contributed by atoms with Crippen molar-refractivity contribution in [2.75, 3.05) is 19.7 Å². The highest BCUT2D eigenvalue weighted by Crippen LogP contribution is 2.34. The maximum Gasteiger partial charge on any atom is 0.223 e. The molecule has 1 saturated carbocycles. The lowest BCUT2D eigenvalue weighted by molar-refractivity contribution is -0.127. The number of hydrogen-bond donors (Lipinski definition) is 2. The van der Waals surface area contributed by atoms with Crippen molar-refractivity contribution in [3.63, 3.8) is 0 Å². The number of piperidine rings is 1. The lowest BCUT2D eigenvalue weighted by Crippen LogP contribution is -2.48. The van der Waals surface area contributed by atoms with Crippen molar-refractivity contribution >= 4 is 18.3 Å². The molecule has 2 aliphatic heterocycles. The van der Waals surface area contributed by atoms with E-state index in [1.807, 2.05) is 0 Å². The Bertz CT molecular complexity index is 308. The van der Waals surface area contributed by atoms with Crippen LogP contribution in [0.5, 0.6) is 0 Å². The quantitative estimate of drug-likeness (QED) is 0.809. The van der Waals surface area contributed by atoms with Gasteiger partial charge in [0.25, 0.3) is 0 Å². The minimum atomic E-state index is 0. The van der Waals surface area contributed by atoms with E-state index in [0.29, 0.717) is 18.1 Å². The molecule has 5 heteroatoms. The third kappa shape index (κ3) is 3.41. The molecule has 2 N–H and O–H groups in total. The van der Waals surface area contributed by atoms with E-state index in [1.165, 1.54) is 12.8 Å². The Kier molecular flexibility index (Phi) is 5.48.